The highest BCUT2D eigenvalue weighted by Crippen LogP contribution is 2.31. The van der Waals surface area contributed by atoms with Crippen LogP contribution in [-0.4, -0.2) is 32.2 Å². The Morgan fingerprint density at radius 2 is 1.97 bits per heavy atom. The maximum atomic E-state index is 12.7. The van der Waals surface area contributed by atoms with E-state index in [1.54, 1.807) is 19.2 Å². The minimum atomic E-state index is -0.556. The van der Waals surface area contributed by atoms with Crippen molar-refractivity contribution in [3.8, 4) is 16.9 Å². The molecule has 2 aromatic heterocycles. The molecular weight excluding hydrogens is 410 g/mol. The molecule has 0 fully saturated rings. The van der Waals surface area contributed by atoms with E-state index < -0.39 is 10.8 Å². The molecule has 2 aromatic carbocycles. The highest BCUT2D eigenvalue weighted by atomic mass is 16.6. The third-order valence-corrected chi connectivity index (χ3v) is 4.94. The number of pyridine rings is 1. The van der Waals surface area contributed by atoms with Crippen LogP contribution in [0.1, 0.15) is 12.6 Å². The van der Waals surface area contributed by atoms with Crippen LogP contribution in [0.2, 0.25) is 0 Å². The summed E-state index contributed by atoms with van der Waals surface area (Å²) in [5, 5.41) is 19.4. The Bertz CT molecular complexity index is 1300. The molecule has 0 spiro atoms. The maximum absolute atomic E-state index is 12.7. The summed E-state index contributed by atoms with van der Waals surface area (Å²) in [6.07, 6.45) is 1.68. The summed E-state index contributed by atoms with van der Waals surface area (Å²) in [6, 6.07) is 16.1. The Hall–Kier alpha value is -4.27. The molecular formula is C23H21N5O4. The van der Waals surface area contributed by atoms with E-state index in [1.165, 1.54) is 16.8 Å². The minimum Gasteiger partial charge on any atom is -0.494 e. The summed E-state index contributed by atoms with van der Waals surface area (Å²) in [6.45, 7) is 3.89. The predicted octanol–water partition coefficient (Wildman–Crippen LogP) is 4.35. The van der Waals surface area contributed by atoms with E-state index in [9.17, 15) is 14.9 Å². The third-order valence-electron chi connectivity index (χ3n) is 4.94. The quantitative estimate of drug-likeness (QED) is 0.344. The van der Waals surface area contributed by atoms with Crippen molar-refractivity contribution in [1.82, 2.24) is 14.8 Å². The minimum absolute atomic E-state index is 0.0922. The number of carbonyl (C=O) groups excluding carboxylic acids is 1. The van der Waals surface area contributed by atoms with Crippen LogP contribution in [0.25, 0.3) is 22.2 Å². The van der Waals surface area contributed by atoms with E-state index in [0.29, 0.717) is 18.0 Å². The number of ether oxygens (including phenoxy) is 1. The molecule has 0 saturated carbocycles. The van der Waals surface area contributed by atoms with E-state index in [2.05, 4.69) is 15.4 Å². The lowest BCUT2D eigenvalue weighted by atomic mass is 10.0. The highest BCUT2D eigenvalue weighted by molar-refractivity contribution is 5.97. The van der Waals surface area contributed by atoms with Crippen LogP contribution in [0, 0.1) is 17.0 Å². The predicted molar refractivity (Wildman–Crippen MR) is 121 cm³/mol. The monoisotopic (exact) mass is 431 g/mol. The standard InChI is InChI=1S/C23H21N5O4/c1-3-32-17-9-10-19(20(13-17)28(30)31)25-21(29)14-27-23-22(15(2)26-27)18(11-12-24-23)16-7-5-4-6-8-16/h4-13H,3,14H2,1-2H3,(H,25,29). The zero-order valence-electron chi connectivity index (χ0n) is 17.6. The molecule has 1 amide bonds. The second kappa shape index (κ2) is 8.84. The summed E-state index contributed by atoms with van der Waals surface area (Å²) in [4.78, 5) is 28.0. The van der Waals surface area contributed by atoms with Gasteiger partial charge in [-0.25, -0.2) is 9.67 Å². The number of nitrogens with zero attached hydrogens (tertiary/aromatic N) is 4. The SMILES string of the molecule is CCOc1ccc(NC(=O)Cn2nc(C)c3c(-c4ccccc4)ccnc32)c([N+](=O)[O-])c1. The second-order valence-electron chi connectivity index (χ2n) is 7.08. The molecule has 9 heteroatoms. The summed E-state index contributed by atoms with van der Waals surface area (Å²) in [7, 11) is 0. The molecule has 4 aromatic rings. The number of hydrogen-bond acceptors (Lipinski definition) is 6. The highest BCUT2D eigenvalue weighted by Gasteiger charge is 2.20. The van der Waals surface area contributed by atoms with Crippen LogP contribution in [0.5, 0.6) is 5.75 Å². The average molecular weight is 431 g/mol. The van der Waals surface area contributed by atoms with Gasteiger partial charge in [-0.3, -0.25) is 14.9 Å². The van der Waals surface area contributed by atoms with Crippen molar-refractivity contribution in [2.24, 2.45) is 0 Å². The maximum Gasteiger partial charge on any atom is 0.296 e. The Balaban J connectivity index is 1.62. The molecule has 9 nitrogen and oxygen atoms in total. The first kappa shape index (κ1) is 21.0. The van der Waals surface area contributed by atoms with Crippen molar-refractivity contribution in [2.75, 3.05) is 11.9 Å². The number of rotatable bonds is 7. The summed E-state index contributed by atoms with van der Waals surface area (Å²) >= 11 is 0. The fourth-order valence-electron chi connectivity index (χ4n) is 3.60. The molecule has 0 saturated heterocycles. The Morgan fingerprint density at radius 3 is 2.69 bits per heavy atom. The van der Waals surface area contributed by atoms with E-state index in [1.807, 2.05) is 43.3 Å². The summed E-state index contributed by atoms with van der Waals surface area (Å²) in [5.41, 5.74) is 3.16. The smallest absolute Gasteiger partial charge is 0.296 e. The van der Waals surface area contributed by atoms with Crippen LogP contribution in [0.15, 0.2) is 60.8 Å². The van der Waals surface area contributed by atoms with Gasteiger partial charge in [0.1, 0.15) is 18.0 Å². The van der Waals surface area contributed by atoms with Crippen molar-refractivity contribution >= 4 is 28.3 Å². The lowest BCUT2D eigenvalue weighted by molar-refractivity contribution is -0.384. The van der Waals surface area contributed by atoms with Gasteiger partial charge in [0, 0.05) is 11.6 Å². The van der Waals surface area contributed by atoms with Gasteiger partial charge in [0.15, 0.2) is 5.65 Å². The van der Waals surface area contributed by atoms with Crippen LogP contribution < -0.4 is 10.1 Å². The number of nitro benzene ring substituents is 1. The lowest BCUT2D eigenvalue weighted by Crippen LogP contribution is -2.20. The molecule has 162 valence electrons. The first-order valence-corrected chi connectivity index (χ1v) is 10.1. The zero-order chi connectivity index (χ0) is 22.7. The van der Waals surface area contributed by atoms with E-state index in [4.69, 9.17) is 4.74 Å². The van der Waals surface area contributed by atoms with E-state index in [-0.39, 0.29) is 17.9 Å². The Morgan fingerprint density at radius 1 is 1.19 bits per heavy atom. The molecule has 0 unspecified atom stereocenters. The largest absolute Gasteiger partial charge is 0.494 e. The number of amides is 1. The lowest BCUT2D eigenvalue weighted by Gasteiger charge is -2.09. The molecule has 0 radical (unpaired) electrons. The van der Waals surface area contributed by atoms with Gasteiger partial charge >= 0.3 is 0 Å². The normalized spacial score (nSPS) is 10.8. The molecule has 0 bridgehead atoms. The number of aryl methyl sites for hydroxylation is 1. The number of anilines is 1. The molecule has 0 aliphatic heterocycles. The summed E-state index contributed by atoms with van der Waals surface area (Å²) in [5.74, 6) is -0.0860. The van der Waals surface area contributed by atoms with Crippen molar-refractivity contribution in [1.29, 1.82) is 0 Å². The fourth-order valence-corrected chi connectivity index (χ4v) is 3.60. The first-order chi connectivity index (χ1) is 15.5. The molecule has 0 aliphatic rings. The number of nitro groups is 1. The molecule has 4 rings (SSSR count). The van der Waals surface area contributed by atoms with Crippen molar-refractivity contribution in [2.45, 2.75) is 20.4 Å². The van der Waals surface area contributed by atoms with Gasteiger partial charge in [-0.05, 0) is 43.2 Å². The van der Waals surface area contributed by atoms with Gasteiger partial charge in [0.2, 0.25) is 5.91 Å². The first-order valence-electron chi connectivity index (χ1n) is 10.1. The Labute approximate surface area is 183 Å². The fraction of sp³-hybridized carbons (Fsp3) is 0.174. The van der Waals surface area contributed by atoms with Crippen molar-refractivity contribution in [3.05, 3.63) is 76.6 Å². The van der Waals surface area contributed by atoms with Gasteiger partial charge in [-0.1, -0.05) is 30.3 Å². The molecule has 32 heavy (non-hydrogen) atoms. The summed E-state index contributed by atoms with van der Waals surface area (Å²) < 4.78 is 6.82. The van der Waals surface area contributed by atoms with E-state index >= 15 is 0 Å². The average Bonchev–Trinajstić information content (AvgIpc) is 3.10. The van der Waals surface area contributed by atoms with Crippen LogP contribution in [0.3, 0.4) is 0 Å². The number of hydrogen-bond donors (Lipinski definition) is 1. The van der Waals surface area contributed by atoms with Gasteiger partial charge in [0.25, 0.3) is 5.69 Å². The number of carbonyl (C=O) groups is 1. The van der Waals surface area contributed by atoms with Crippen LogP contribution >= 0.6 is 0 Å². The van der Waals surface area contributed by atoms with Gasteiger partial charge in [-0.2, -0.15) is 5.10 Å². The van der Waals surface area contributed by atoms with Crippen molar-refractivity contribution < 1.29 is 14.5 Å². The van der Waals surface area contributed by atoms with Crippen LogP contribution in [0.4, 0.5) is 11.4 Å². The van der Waals surface area contributed by atoms with Crippen LogP contribution in [-0.2, 0) is 11.3 Å². The Kier molecular flexibility index (Phi) is 5.80. The van der Waals surface area contributed by atoms with Gasteiger partial charge < -0.3 is 10.1 Å². The number of aromatic nitrogens is 3. The third kappa shape index (κ3) is 4.13. The number of fused-ring (bicyclic) bond motifs is 1. The van der Waals surface area contributed by atoms with Gasteiger partial charge in [0.05, 0.1) is 23.3 Å². The van der Waals surface area contributed by atoms with Gasteiger partial charge in [-0.15, -0.1) is 0 Å². The second-order valence-corrected chi connectivity index (χ2v) is 7.08. The molecule has 0 aliphatic carbocycles. The van der Waals surface area contributed by atoms with E-state index in [0.717, 1.165) is 22.2 Å². The topological polar surface area (TPSA) is 112 Å². The number of nitrogens with one attached hydrogen (secondary N) is 1. The molecule has 1 N–H and O–H groups in total. The molecule has 2 heterocycles. The molecule has 0 atom stereocenters. The number of benzene rings is 2. The zero-order valence-corrected chi connectivity index (χ0v) is 17.6. The van der Waals surface area contributed by atoms with Crippen molar-refractivity contribution in [3.63, 3.8) is 0 Å².